The molecule has 1 aromatic heterocycles. The molecule has 0 amide bonds. The number of aromatic nitrogens is 1. The van der Waals surface area contributed by atoms with Crippen molar-refractivity contribution in [3.05, 3.63) is 29.1 Å². The Kier molecular flexibility index (Phi) is 2.55. The molecule has 2 unspecified atom stereocenters. The fourth-order valence-electron chi connectivity index (χ4n) is 2.51. The van der Waals surface area contributed by atoms with Gasteiger partial charge in [0, 0.05) is 16.9 Å². The van der Waals surface area contributed by atoms with Crippen molar-refractivity contribution in [2.75, 3.05) is 0 Å². The Morgan fingerprint density at radius 3 is 2.53 bits per heavy atom. The molecule has 2 heteroatoms. The predicted octanol–water partition coefficient (Wildman–Crippen LogP) is 2.67. The highest BCUT2D eigenvalue weighted by Crippen LogP contribution is 2.52. The molecule has 0 spiro atoms. The minimum atomic E-state index is -0.0472. The van der Waals surface area contributed by atoms with Crippen LogP contribution in [0.3, 0.4) is 0 Å². The number of nitrogens with zero attached hydrogens (tertiary/aromatic N) is 1. The van der Waals surface area contributed by atoms with Crippen molar-refractivity contribution in [2.24, 2.45) is 11.7 Å². The summed E-state index contributed by atoms with van der Waals surface area (Å²) in [4.78, 5) is 4.39. The van der Waals surface area contributed by atoms with Gasteiger partial charge >= 0.3 is 0 Å². The summed E-state index contributed by atoms with van der Waals surface area (Å²) in [5, 5.41) is 0. The van der Waals surface area contributed by atoms with Crippen LogP contribution in [0.1, 0.15) is 43.1 Å². The third-order valence-corrected chi connectivity index (χ3v) is 3.41. The summed E-state index contributed by atoms with van der Waals surface area (Å²) in [5.74, 6) is 0.684. The van der Waals surface area contributed by atoms with E-state index in [1.54, 1.807) is 0 Å². The van der Waals surface area contributed by atoms with Crippen LogP contribution in [0.4, 0.5) is 0 Å². The number of rotatable bonds is 3. The molecule has 2 atom stereocenters. The van der Waals surface area contributed by atoms with Gasteiger partial charge in [-0.05, 0) is 50.3 Å². The first-order valence-electron chi connectivity index (χ1n) is 5.81. The van der Waals surface area contributed by atoms with E-state index in [2.05, 4.69) is 24.0 Å². The molecule has 1 aliphatic carbocycles. The third kappa shape index (κ3) is 1.91. The van der Waals surface area contributed by atoms with E-state index in [9.17, 15) is 0 Å². The molecule has 2 nitrogen and oxygen atoms in total. The Balaban J connectivity index is 2.24. The molecule has 2 rings (SSSR count). The second kappa shape index (κ2) is 3.60. The van der Waals surface area contributed by atoms with Crippen LogP contribution in [0.25, 0.3) is 0 Å². The maximum Gasteiger partial charge on any atom is 0.0443 e. The van der Waals surface area contributed by atoms with E-state index in [0.29, 0.717) is 5.92 Å². The maximum atomic E-state index is 6.41. The quantitative estimate of drug-likeness (QED) is 0.822. The summed E-state index contributed by atoms with van der Waals surface area (Å²) in [5.41, 5.74) is 9.81. The highest BCUT2D eigenvalue weighted by atomic mass is 14.9. The van der Waals surface area contributed by atoms with E-state index < -0.39 is 0 Å². The molecule has 15 heavy (non-hydrogen) atoms. The SMILES string of the molecule is CCCC1CC1(N)c1cc(C)nc(C)c1. The predicted molar refractivity (Wildman–Crippen MR) is 62.6 cm³/mol. The number of hydrogen-bond donors (Lipinski definition) is 1. The Bertz CT molecular complexity index is 353. The zero-order chi connectivity index (χ0) is 11.1. The molecule has 82 valence electrons. The molecular weight excluding hydrogens is 184 g/mol. The molecule has 0 aromatic carbocycles. The molecule has 1 fully saturated rings. The number of nitrogens with two attached hydrogens (primary N) is 1. The first kappa shape index (κ1) is 10.6. The van der Waals surface area contributed by atoms with E-state index >= 15 is 0 Å². The van der Waals surface area contributed by atoms with Gasteiger partial charge in [0.15, 0.2) is 0 Å². The molecule has 0 aliphatic heterocycles. The zero-order valence-electron chi connectivity index (χ0n) is 9.88. The Morgan fingerprint density at radius 1 is 1.40 bits per heavy atom. The Morgan fingerprint density at radius 2 is 2.00 bits per heavy atom. The monoisotopic (exact) mass is 204 g/mol. The molecular formula is C13H20N2. The van der Waals surface area contributed by atoms with Gasteiger partial charge in [0.1, 0.15) is 0 Å². The van der Waals surface area contributed by atoms with Gasteiger partial charge in [0.25, 0.3) is 0 Å². The molecule has 0 bridgehead atoms. The van der Waals surface area contributed by atoms with Gasteiger partial charge < -0.3 is 5.73 Å². The van der Waals surface area contributed by atoms with Crippen LogP contribution in [0.15, 0.2) is 12.1 Å². The lowest BCUT2D eigenvalue weighted by Crippen LogP contribution is -2.22. The van der Waals surface area contributed by atoms with Gasteiger partial charge in [-0.2, -0.15) is 0 Å². The van der Waals surface area contributed by atoms with Crippen molar-refractivity contribution in [3.8, 4) is 0 Å². The second-order valence-corrected chi connectivity index (χ2v) is 4.87. The standard InChI is InChI=1S/C13H20N2/c1-4-5-11-8-13(11,14)12-6-9(2)15-10(3)7-12/h6-7,11H,4-5,8,14H2,1-3H3. The second-order valence-electron chi connectivity index (χ2n) is 4.87. The van der Waals surface area contributed by atoms with E-state index in [0.717, 1.165) is 17.8 Å². The highest BCUT2D eigenvalue weighted by Gasteiger charge is 2.51. The van der Waals surface area contributed by atoms with Gasteiger partial charge in [-0.25, -0.2) is 0 Å². The molecule has 0 radical (unpaired) electrons. The van der Waals surface area contributed by atoms with Gasteiger partial charge in [0.05, 0.1) is 0 Å². The van der Waals surface area contributed by atoms with Crippen LogP contribution in [-0.2, 0) is 5.54 Å². The Labute approximate surface area is 91.9 Å². The van der Waals surface area contributed by atoms with Gasteiger partial charge in [-0.3, -0.25) is 4.98 Å². The van der Waals surface area contributed by atoms with Crippen LogP contribution >= 0.6 is 0 Å². The van der Waals surface area contributed by atoms with Crippen LogP contribution in [0, 0.1) is 19.8 Å². The van der Waals surface area contributed by atoms with Crippen molar-refractivity contribution >= 4 is 0 Å². The maximum absolute atomic E-state index is 6.41. The summed E-state index contributed by atoms with van der Waals surface area (Å²) < 4.78 is 0. The summed E-state index contributed by atoms with van der Waals surface area (Å²) in [6.07, 6.45) is 3.62. The first-order valence-corrected chi connectivity index (χ1v) is 5.81. The highest BCUT2D eigenvalue weighted by molar-refractivity contribution is 5.34. The fourth-order valence-corrected chi connectivity index (χ4v) is 2.51. The summed E-state index contributed by atoms with van der Waals surface area (Å²) >= 11 is 0. The van der Waals surface area contributed by atoms with Crippen LogP contribution in [-0.4, -0.2) is 4.98 Å². The van der Waals surface area contributed by atoms with Crippen LogP contribution in [0.2, 0.25) is 0 Å². The van der Waals surface area contributed by atoms with Crippen molar-refractivity contribution in [2.45, 2.75) is 45.6 Å². The van der Waals surface area contributed by atoms with Crippen LogP contribution < -0.4 is 5.73 Å². The van der Waals surface area contributed by atoms with Crippen molar-refractivity contribution < 1.29 is 0 Å². The summed E-state index contributed by atoms with van der Waals surface area (Å²) in [6.45, 7) is 6.30. The van der Waals surface area contributed by atoms with E-state index in [4.69, 9.17) is 5.73 Å². The van der Waals surface area contributed by atoms with Crippen molar-refractivity contribution in [1.29, 1.82) is 0 Å². The fraction of sp³-hybridized carbons (Fsp3) is 0.615. The van der Waals surface area contributed by atoms with Crippen molar-refractivity contribution in [3.63, 3.8) is 0 Å². The molecule has 1 heterocycles. The van der Waals surface area contributed by atoms with Gasteiger partial charge in [-0.15, -0.1) is 0 Å². The minimum absolute atomic E-state index is 0.0472. The summed E-state index contributed by atoms with van der Waals surface area (Å²) in [7, 11) is 0. The number of hydrogen-bond acceptors (Lipinski definition) is 2. The smallest absolute Gasteiger partial charge is 0.0443 e. The lowest BCUT2D eigenvalue weighted by molar-refractivity contribution is 0.582. The molecule has 1 saturated carbocycles. The largest absolute Gasteiger partial charge is 0.321 e. The normalized spacial score (nSPS) is 29.2. The molecule has 0 saturated heterocycles. The lowest BCUT2D eigenvalue weighted by atomic mass is 10.0. The molecule has 1 aliphatic rings. The topological polar surface area (TPSA) is 38.9 Å². The van der Waals surface area contributed by atoms with Gasteiger partial charge in [-0.1, -0.05) is 13.3 Å². The molecule has 1 aromatic rings. The van der Waals surface area contributed by atoms with E-state index in [1.807, 2.05) is 13.8 Å². The molecule has 2 N–H and O–H groups in total. The average molecular weight is 204 g/mol. The van der Waals surface area contributed by atoms with E-state index in [-0.39, 0.29) is 5.54 Å². The lowest BCUT2D eigenvalue weighted by Gasteiger charge is -2.13. The summed E-state index contributed by atoms with van der Waals surface area (Å²) in [6, 6.07) is 4.28. The van der Waals surface area contributed by atoms with Crippen molar-refractivity contribution in [1.82, 2.24) is 4.98 Å². The van der Waals surface area contributed by atoms with Crippen LogP contribution in [0.5, 0.6) is 0 Å². The van der Waals surface area contributed by atoms with Gasteiger partial charge in [0.2, 0.25) is 0 Å². The zero-order valence-corrected chi connectivity index (χ0v) is 9.88. The average Bonchev–Trinajstić information content (AvgIpc) is 2.77. The minimum Gasteiger partial charge on any atom is -0.321 e. The van der Waals surface area contributed by atoms with E-state index in [1.165, 1.54) is 18.4 Å². The first-order chi connectivity index (χ1) is 7.06. The number of pyridine rings is 1. The number of aryl methyl sites for hydroxylation is 2. The Hall–Kier alpha value is -0.890. The third-order valence-electron chi connectivity index (χ3n) is 3.41.